The minimum Gasteiger partial charge on any atom is -0.460 e. The number of allylic oxidation sites excluding steroid dienone is 1. The van der Waals surface area contributed by atoms with Gasteiger partial charge in [-0.2, -0.15) is 10.1 Å². The van der Waals surface area contributed by atoms with Crippen LogP contribution in [0.25, 0.3) is 22.3 Å². The van der Waals surface area contributed by atoms with E-state index >= 15 is 0 Å². The summed E-state index contributed by atoms with van der Waals surface area (Å²) < 4.78 is 24.0. The van der Waals surface area contributed by atoms with Gasteiger partial charge in [0, 0.05) is 67.5 Å². The van der Waals surface area contributed by atoms with Crippen LogP contribution in [0.5, 0.6) is 0 Å². The van der Waals surface area contributed by atoms with Crippen LogP contribution in [0.2, 0.25) is 0 Å². The van der Waals surface area contributed by atoms with Gasteiger partial charge in [0.2, 0.25) is 11.7 Å². The lowest BCUT2D eigenvalue weighted by Gasteiger charge is -2.51. The lowest BCUT2D eigenvalue weighted by atomic mass is 9.54. The normalized spacial score (nSPS) is 26.2. The Morgan fingerprint density at radius 1 is 1.18 bits per heavy atom. The standard InChI is InChI=1S/C23H24O8.C13H14N6O/c1-10(24)30-13-7-22(2)12(5-6-14(22)25)16-18(13)23(3)15(9-28-4)31-21(27)11-8-29-20(17(11)23)19(16)26;1-3-19-11-8(7(2)16-13(14)17-11)6-9(12(19)20)10-4-5-15-18-10/h8,12-13,15H,5-7,9H2,1-4H3;4-6H,3H2,1-2H3,(H,15,18)(H2,14,16,17)/t12-,13+,15+,22-,23-;/m0./s1. The second-order valence-electron chi connectivity index (χ2n) is 13.8. The number of H-pyrrole nitrogens is 1. The van der Waals surface area contributed by atoms with Crippen molar-refractivity contribution in [3.63, 3.8) is 0 Å². The fourth-order valence-corrected chi connectivity index (χ4v) is 8.58. The Kier molecular flexibility index (Phi) is 8.08. The van der Waals surface area contributed by atoms with Crippen LogP contribution < -0.4 is 11.3 Å². The highest BCUT2D eigenvalue weighted by atomic mass is 16.6. The number of nitrogens with zero attached hydrogens (tertiary/aromatic N) is 4. The molecule has 5 heterocycles. The average Bonchev–Trinajstić information content (AvgIpc) is 3.83. The average molecular weight is 699 g/mol. The van der Waals surface area contributed by atoms with E-state index in [1.54, 1.807) is 22.9 Å². The van der Waals surface area contributed by atoms with E-state index in [2.05, 4.69) is 20.2 Å². The highest BCUT2D eigenvalue weighted by Crippen LogP contribution is 2.61. The number of fused-ring (bicyclic) bond motifs is 4. The van der Waals surface area contributed by atoms with Gasteiger partial charge in [0.1, 0.15) is 35.5 Å². The third kappa shape index (κ3) is 4.96. The summed E-state index contributed by atoms with van der Waals surface area (Å²) in [6.45, 7) is 9.36. The maximum atomic E-state index is 13.7. The van der Waals surface area contributed by atoms with Crippen molar-refractivity contribution in [2.24, 2.45) is 11.3 Å². The first-order valence-electron chi connectivity index (χ1n) is 16.7. The van der Waals surface area contributed by atoms with Gasteiger partial charge in [0.15, 0.2) is 5.76 Å². The second-order valence-corrected chi connectivity index (χ2v) is 13.8. The number of methoxy groups -OCH3 is 1. The molecule has 5 atom stereocenters. The van der Waals surface area contributed by atoms with Crippen LogP contribution in [-0.4, -0.2) is 74.2 Å². The molecule has 0 aromatic carbocycles. The number of esters is 2. The maximum absolute atomic E-state index is 13.7. The topological polar surface area (TPSA) is 212 Å². The molecule has 0 radical (unpaired) electrons. The van der Waals surface area contributed by atoms with Gasteiger partial charge in [0.25, 0.3) is 5.56 Å². The Morgan fingerprint density at radius 2 is 1.94 bits per heavy atom. The highest BCUT2D eigenvalue weighted by molar-refractivity contribution is 6.14. The zero-order chi connectivity index (χ0) is 36.6. The van der Waals surface area contributed by atoms with Crippen molar-refractivity contribution in [2.45, 2.75) is 78.0 Å². The molecule has 15 nitrogen and oxygen atoms in total. The summed E-state index contributed by atoms with van der Waals surface area (Å²) in [5, 5.41) is 7.51. The van der Waals surface area contributed by atoms with Gasteiger partial charge in [-0.05, 0) is 44.9 Å². The number of anilines is 1. The zero-order valence-corrected chi connectivity index (χ0v) is 29.1. The van der Waals surface area contributed by atoms with Gasteiger partial charge in [-0.15, -0.1) is 0 Å². The summed E-state index contributed by atoms with van der Waals surface area (Å²) in [4.78, 5) is 72.1. The molecule has 4 aliphatic rings. The van der Waals surface area contributed by atoms with Crippen LogP contribution in [0, 0.1) is 18.3 Å². The fourth-order valence-electron chi connectivity index (χ4n) is 8.58. The smallest absolute Gasteiger partial charge is 0.342 e. The van der Waals surface area contributed by atoms with E-state index in [1.807, 2.05) is 27.7 Å². The van der Waals surface area contributed by atoms with Crippen LogP contribution in [0.4, 0.5) is 5.95 Å². The number of hydrogen-bond acceptors (Lipinski definition) is 13. The number of nitrogens with one attached hydrogen (secondary N) is 1. The number of ketones is 2. The molecule has 0 bridgehead atoms. The van der Waals surface area contributed by atoms with E-state index < -0.39 is 35.0 Å². The number of ether oxygens (including phenoxy) is 3. The minimum atomic E-state index is -0.988. The molecule has 3 aliphatic carbocycles. The molecular weight excluding hydrogens is 660 g/mol. The summed E-state index contributed by atoms with van der Waals surface area (Å²) in [6, 6.07) is 3.54. The predicted octanol–water partition coefficient (Wildman–Crippen LogP) is 3.63. The summed E-state index contributed by atoms with van der Waals surface area (Å²) >= 11 is 0. The Hall–Kier alpha value is -5.44. The number of furan rings is 1. The number of pyridine rings is 1. The lowest BCUT2D eigenvalue weighted by molar-refractivity contribution is -0.149. The van der Waals surface area contributed by atoms with E-state index in [9.17, 15) is 24.0 Å². The number of rotatable bonds is 5. The van der Waals surface area contributed by atoms with Gasteiger partial charge in [-0.25, -0.2) is 9.78 Å². The quantitative estimate of drug-likeness (QED) is 0.286. The monoisotopic (exact) mass is 698 g/mol. The van der Waals surface area contributed by atoms with Crippen molar-refractivity contribution in [2.75, 3.05) is 19.5 Å². The Bertz CT molecular complexity index is 2230. The van der Waals surface area contributed by atoms with Gasteiger partial charge in [-0.3, -0.25) is 28.8 Å². The third-order valence-corrected chi connectivity index (χ3v) is 11.0. The molecule has 0 amide bonds. The molecule has 0 saturated heterocycles. The molecule has 15 heteroatoms. The predicted molar refractivity (Wildman–Crippen MR) is 181 cm³/mol. The number of nitrogen functional groups attached to an aromatic ring is 1. The number of aromatic amines is 1. The second kappa shape index (κ2) is 12.1. The number of Topliss-reactive ketones (excluding diaryl/α,β-unsaturated/α-hetero) is 2. The molecule has 266 valence electrons. The first kappa shape index (κ1) is 34.0. The lowest BCUT2D eigenvalue weighted by Crippen LogP contribution is -2.57. The zero-order valence-electron chi connectivity index (χ0n) is 29.1. The van der Waals surface area contributed by atoms with E-state index in [-0.39, 0.29) is 53.3 Å². The Morgan fingerprint density at radius 3 is 2.61 bits per heavy atom. The van der Waals surface area contributed by atoms with Crippen molar-refractivity contribution >= 4 is 40.5 Å². The first-order valence-corrected chi connectivity index (χ1v) is 16.7. The molecule has 1 saturated carbocycles. The van der Waals surface area contributed by atoms with Crippen LogP contribution in [-0.2, 0) is 35.8 Å². The van der Waals surface area contributed by atoms with Crippen molar-refractivity contribution in [3.05, 3.63) is 68.7 Å². The molecular formula is C36H38N6O9. The Labute approximate surface area is 291 Å². The molecule has 1 fully saturated rings. The van der Waals surface area contributed by atoms with Gasteiger partial charge < -0.3 is 24.4 Å². The third-order valence-electron chi connectivity index (χ3n) is 11.0. The molecule has 4 aromatic rings. The largest absolute Gasteiger partial charge is 0.460 e. The van der Waals surface area contributed by atoms with Crippen molar-refractivity contribution in [1.29, 1.82) is 0 Å². The minimum absolute atomic E-state index is 0.0635. The molecule has 3 N–H and O–H groups in total. The summed E-state index contributed by atoms with van der Waals surface area (Å²) in [6.07, 6.45) is 2.52. The van der Waals surface area contributed by atoms with Crippen LogP contribution >= 0.6 is 0 Å². The van der Waals surface area contributed by atoms with Gasteiger partial charge >= 0.3 is 11.9 Å². The first-order chi connectivity index (χ1) is 24.3. The number of nitrogens with two attached hydrogens (primary N) is 1. The van der Waals surface area contributed by atoms with E-state index in [0.29, 0.717) is 53.0 Å². The van der Waals surface area contributed by atoms with Gasteiger partial charge in [0.05, 0.1) is 29.0 Å². The fraction of sp³-hybridized carbons (Fsp3) is 0.444. The van der Waals surface area contributed by atoms with Gasteiger partial charge in [-0.1, -0.05) is 6.92 Å². The highest BCUT2D eigenvalue weighted by Gasteiger charge is 2.64. The number of aromatic nitrogens is 5. The van der Waals surface area contributed by atoms with E-state index in [1.165, 1.54) is 20.3 Å². The molecule has 1 aliphatic heterocycles. The van der Waals surface area contributed by atoms with Crippen LogP contribution in [0.15, 0.2) is 45.0 Å². The maximum Gasteiger partial charge on any atom is 0.342 e. The number of carbonyl (C=O) groups is 4. The SMILES string of the molecule is CCn1c(=O)c(-c2ccn[nH]2)cc2c(C)nc(N)nc21.COC[C@H]1OC(=O)c2coc3c2[C@@]1(C)C1=C(C3=O)[C@@H]2CCC(=O)[C@@]2(C)C[C@H]1OC(C)=O. The van der Waals surface area contributed by atoms with Crippen LogP contribution in [0.3, 0.4) is 0 Å². The Balaban J connectivity index is 0.000000175. The molecule has 4 aromatic heterocycles. The summed E-state index contributed by atoms with van der Waals surface area (Å²) in [5.41, 5.74) is 8.01. The molecule has 0 spiro atoms. The molecule has 8 rings (SSSR count). The van der Waals surface area contributed by atoms with E-state index in [4.69, 9.17) is 24.4 Å². The number of aryl methyl sites for hydroxylation is 2. The number of hydrogen-bond donors (Lipinski definition) is 2. The molecule has 51 heavy (non-hydrogen) atoms. The van der Waals surface area contributed by atoms with Crippen molar-refractivity contribution < 1.29 is 37.8 Å². The van der Waals surface area contributed by atoms with Crippen LogP contribution in [0.1, 0.15) is 79.1 Å². The summed E-state index contributed by atoms with van der Waals surface area (Å²) in [7, 11) is 1.50. The number of carbonyl (C=O) groups excluding carboxylic acids is 4. The van der Waals surface area contributed by atoms with Crippen molar-refractivity contribution in [3.8, 4) is 11.3 Å². The van der Waals surface area contributed by atoms with E-state index in [0.717, 1.165) is 11.1 Å². The molecule has 0 unspecified atom stereocenters. The number of cyclic esters (lactones) is 1. The summed E-state index contributed by atoms with van der Waals surface area (Å²) in [5.74, 6) is -1.41. The van der Waals surface area contributed by atoms with Crippen molar-refractivity contribution in [1.82, 2.24) is 24.7 Å².